The maximum atomic E-state index is 13.1. The number of Topliss-reactive ketones (excluding diaryl/α,β-unsaturated/α-hetero) is 1. The lowest BCUT2D eigenvalue weighted by Gasteiger charge is -2.30. The predicted octanol–water partition coefficient (Wildman–Crippen LogP) is 3.83. The van der Waals surface area contributed by atoms with Gasteiger partial charge in [-0.3, -0.25) is 4.79 Å². The van der Waals surface area contributed by atoms with E-state index in [1.165, 1.54) is 13.0 Å². The number of aliphatic hydroxyl groups excluding tert-OH is 1. The van der Waals surface area contributed by atoms with Crippen molar-refractivity contribution < 1.29 is 24.2 Å². The summed E-state index contributed by atoms with van der Waals surface area (Å²) in [5.41, 5.74) is -0.223. The van der Waals surface area contributed by atoms with Gasteiger partial charge in [0.15, 0.2) is 11.4 Å². The summed E-state index contributed by atoms with van der Waals surface area (Å²) in [5.74, 6) is -1.18. The van der Waals surface area contributed by atoms with Crippen molar-refractivity contribution in [2.24, 2.45) is 5.92 Å². The first-order valence-electron chi connectivity index (χ1n) is 9.53. The molecule has 0 bridgehead atoms. The molecule has 0 radical (unpaired) electrons. The number of aliphatic hydroxyl groups is 1. The van der Waals surface area contributed by atoms with Gasteiger partial charge < -0.3 is 19.4 Å². The largest absolute Gasteiger partial charge is 0.506 e. The van der Waals surface area contributed by atoms with Gasteiger partial charge in [0, 0.05) is 12.0 Å². The van der Waals surface area contributed by atoms with E-state index in [9.17, 15) is 19.8 Å². The Balaban J connectivity index is 2.47. The third-order valence-corrected chi connectivity index (χ3v) is 5.15. The minimum atomic E-state index is -0.922. The molecule has 0 saturated heterocycles. The first kappa shape index (κ1) is 20.1. The zero-order chi connectivity index (χ0) is 20.8. The lowest BCUT2D eigenvalue weighted by atomic mass is 9.91. The molecule has 1 aliphatic rings. The van der Waals surface area contributed by atoms with E-state index < -0.39 is 29.0 Å². The van der Waals surface area contributed by atoms with Crippen molar-refractivity contribution in [1.29, 1.82) is 0 Å². The number of carbonyl (C=O) groups is 1. The van der Waals surface area contributed by atoms with Gasteiger partial charge in [0.2, 0.25) is 0 Å². The predicted molar refractivity (Wildman–Crippen MR) is 107 cm³/mol. The number of ketones is 1. The lowest BCUT2D eigenvalue weighted by Crippen LogP contribution is -2.29. The monoisotopic (exact) mass is 390 g/mol. The summed E-state index contributed by atoms with van der Waals surface area (Å²) in [4.78, 5) is 25.3. The third kappa shape index (κ3) is 3.33. The molecule has 0 unspecified atom stereocenters. The fourth-order valence-corrected chi connectivity index (χ4v) is 3.43. The van der Waals surface area contributed by atoms with Gasteiger partial charge in [0.05, 0.1) is 17.1 Å². The van der Waals surface area contributed by atoms with Gasteiger partial charge in [-0.15, -0.1) is 0 Å². The molecule has 150 valence electrons. The van der Waals surface area contributed by atoms with Crippen LogP contribution in [0.15, 0.2) is 21.4 Å². The minimum absolute atomic E-state index is 0.01000. The smallest absolute Gasteiger partial charge is 0.336 e. The van der Waals surface area contributed by atoms with Crippen LogP contribution in [0.1, 0.15) is 62.5 Å². The number of hydrogen-bond donors (Lipinski definition) is 2. The summed E-state index contributed by atoms with van der Waals surface area (Å²) in [6.07, 6.45) is 3.96. The fraction of sp³-hybridized carbons (Fsp3) is 0.455. The SMILES string of the molecule is CCCc1cc(=O)oc2c(C(=O)[C@@H](C)[14C@@H]([14CH3])O)c(O)c3c(c12)OC(C)(C)C=C3. The average Bonchev–Trinajstić information content (AvgIpc) is 2.59. The molecule has 3 rings (SSSR count). The summed E-state index contributed by atoms with van der Waals surface area (Å²) >= 11 is 0. The third-order valence-electron chi connectivity index (χ3n) is 5.15. The summed E-state index contributed by atoms with van der Waals surface area (Å²) < 4.78 is 11.5. The van der Waals surface area contributed by atoms with Crippen molar-refractivity contribution in [2.75, 3.05) is 0 Å². The molecule has 2 N–H and O–H groups in total. The van der Waals surface area contributed by atoms with Gasteiger partial charge in [-0.2, -0.15) is 0 Å². The van der Waals surface area contributed by atoms with Crippen molar-refractivity contribution in [3.63, 3.8) is 0 Å². The Bertz CT molecular complexity index is 1030. The molecule has 2 aromatic rings. The van der Waals surface area contributed by atoms with Crippen LogP contribution in [0, 0.1) is 5.92 Å². The van der Waals surface area contributed by atoms with Crippen LogP contribution in [0.4, 0.5) is 0 Å². The van der Waals surface area contributed by atoms with Gasteiger partial charge >= 0.3 is 5.63 Å². The van der Waals surface area contributed by atoms with E-state index >= 15 is 0 Å². The second-order valence-corrected chi connectivity index (χ2v) is 7.94. The molecular formula is C22H26O6. The van der Waals surface area contributed by atoms with Crippen LogP contribution in [0.25, 0.3) is 17.0 Å². The van der Waals surface area contributed by atoms with E-state index in [2.05, 4.69) is 0 Å². The Kier molecular flexibility index (Phi) is 5.10. The number of aromatic hydroxyl groups is 1. The minimum Gasteiger partial charge on any atom is -0.506 e. The Labute approximate surface area is 163 Å². The van der Waals surface area contributed by atoms with Gasteiger partial charge in [0.25, 0.3) is 0 Å². The number of aryl methyl sites for hydroxylation is 1. The number of rotatable bonds is 5. The van der Waals surface area contributed by atoms with E-state index in [0.717, 1.165) is 6.42 Å². The highest BCUT2D eigenvalue weighted by molar-refractivity contribution is 6.13. The van der Waals surface area contributed by atoms with Crippen LogP contribution in [0.5, 0.6) is 11.5 Å². The second kappa shape index (κ2) is 7.09. The number of hydrogen-bond acceptors (Lipinski definition) is 6. The number of ether oxygens (including phenoxy) is 1. The quantitative estimate of drug-likeness (QED) is 0.595. The van der Waals surface area contributed by atoms with E-state index in [1.54, 1.807) is 19.1 Å². The highest BCUT2D eigenvalue weighted by Crippen LogP contribution is 2.46. The number of phenolic OH excluding ortho intramolecular Hbond substituents is 1. The van der Waals surface area contributed by atoms with Crippen molar-refractivity contribution in [1.82, 2.24) is 0 Å². The number of fused-ring (bicyclic) bond motifs is 3. The highest BCUT2D eigenvalue weighted by Gasteiger charge is 2.34. The average molecular weight is 390 g/mol. The van der Waals surface area contributed by atoms with E-state index in [1.807, 2.05) is 20.8 Å². The molecule has 0 fully saturated rings. The van der Waals surface area contributed by atoms with Gasteiger partial charge in [-0.25, -0.2) is 4.79 Å². The van der Waals surface area contributed by atoms with Crippen molar-refractivity contribution in [3.05, 3.63) is 39.3 Å². The van der Waals surface area contributed by atoms with Gasteiger partial charge in [-0.05, 0) is 44.9 Å². The molecule has 0 amide bonds. The molecule has 28 heavy (non-hydrogen) atoms. The van der Waals surface area contributed by atoms with Crippen LogP contribution in [-0.4, -0.2) is 27.7 Å². The Morgan fingerprint density at radius 3 is 2.68 bits per heavy atom. The van der Waals surface area contributed by atoms with E-state index in [-0.39, 0.29) is 16.9 Å². The van der Waals surface area contributed by atoms with Gasteiger partial charge in [-0.1, -0.05) is 20.3 Å². The van der Waals surface area contributed by atoms with Crippen molar-refractivity contribution in [3.8, 4) is 11.5 Å². The van der Waals surface area contributed by atoms with Crippen LogP contribution in [0.2, 0.25) is 0 Å². The molecule has 6 heteroatoms. The molecule has 6 nitrogen and oxygen atoms in total. The molecule has 0 aliphatic carbocycles. The summed E-state index contributed by atoms with van der Waals surface area (Å²) in [5, 5.41) is 21.3. The summed E-state index contributed by atoms with van der Waals surface area (Å²) in [6, 6.07) is 1.41. The molecule has 1 aliphatic heterocycles. The van der Waals surface area contributed by atoms with Crippen LogP contribution >= 0.6 is 0 Å². The van der Waals surface area contributed by atoms with E-state index in [0.29, 0.717) is 28.7 Å². The molecule has 1 aromatic heterocycles. The topological polar surface area (TPSA) is 97.0 Å². The van der Waals surface area contributed by atoms with Crippen LogP contribution in [-0.2, 0) is 6.42 Å². The number of benzene rings is 1. The first-order chi connectivity index (χ1) is 13.1. The molecule has 2 heterocycles. The normalized spacial score (nSPS) is 17.1. The van der Waals surface area contributed by atoms with Crippen molar-refractivity contribution in [2.45, 2.75) is 59.2 Å². The molecular weight excluding hydrogens is 364 g/mol. The maximum Gasteiger partial charge on any atom is 0.336 e. The molecule has 1 aromatic carbocycles. The summed E-state index contributed by atoms with van der Waals surface area (Å²) in [6.45, 7) is 8.82. The van der Waals surface area contributed by atoms with Crippen LogP contribution < -0.4 is 10.4 Å². The Morgan fingerprint density at radius 2 is 2.07 bits per heavy atom. The molecule has 0 spiro atoms. The zero-order valence-corrected chi connectivity index (χ0v) is 16.8. The standard InChI is InChI=1S/C22H26O6/c1-6-7-13-10-15(24)27-21-16(13)20-14(8-9-22(4,5)28-20)19(26)17(21)18(25)11(2)12(3)23/h8-12,23,26H,6-7H2,1-5H3/t11-,12+/m0/s1/i3+2,12+2. The number of carbonyl (C=O) groups excluding carboxylic acids is 1. The lowest BCUT2D eigenvalue weighted by molar-refractivity contribution is 0.0757. The zero-order valence-electron chi connectivity index (χ0n) is 16.8. The van der Waals surface area contributed by atoms with Crippen LogP contribution in [0.3, 0.4) is 0 Å². The highest BCUT2D eigenvalue weighted by atomic mass is 16.5. The Hall–Kier alpha value is -2.60. The molecule has 2 atom stereocenters. The second-order valence-electron chi connectivity index (χ2n) is 7.94. The van der Waals surface area contributed by atoms with Gasteiger partial charge in [0.1, 0.15) is 22.7 Å². The maximum absolute atomic E-state index is 13.1. The number of phenols is 1. The van der Waals surface area contributed by atoms with Crippen molar-refractivity contribution >= 4 is 22.8 Å². The molecule has 0 saturated carbocycles. The summed E-state index contributed by atoms with van der Waals surface area (Å²) in [7, 11) is 0. The Morgan fingerprint density at radius 1 is 1.39 bits per heavy atom. The first-order valence-corrected chi connectivity index (χ1v) is 9.53. The van der Waals surface area contributed by atoms with E-state index in [4.69, 9.17) is 9.15 Å². The fourth-order valence-electron chi connectivity index (χ4n) is 3.43.